The lowest BCUT2D eigenvalue weighted by atomic mass is 10.0. The number of fused-ring (bicyclic) bond motifs is 2. The minimum absolute atomic E-state index is 0.190. The number of aromatic carboxylic acids is 1. The van der Waals surface area contributed by atoms with Gasteiger partial charge in [-0.2, -0.15) is 0 Å². The minimum Gasteiger partial charge on any atom is -0.476 e. The van der Waals surface area contributed by atoms with Gasteiger partial charge in [0.25, 0.3) is 0 Å². The van der Waals surface area contributed by atoms with E-state index in [1.165, 1.54) is 0 Å². The van der Waals surface area contributed by atoms with Crippen molar-refractivity contribution in [3.05, 3.63) is 70.1 Å². The molecule has 0 unspecified atom stereocenters. The number of halogens is 1. The number of carbonyl (C=O) groups excluding carboxylic acids is 1. The number of carboxylic acids is 1. The summed E-state index contributed by atoms with van der Waals surface area (Å²) in [7, 11) is 0. The van der Waals surface area contributed by atoms with E-state index in [-0.39, 0.29) is 11.4 Å². The molecule has 4 rings (SSSR count). The summed E-state index contributed by atoms with van der Waals surface area (Å²) < 4.78 is 2.02. The van der Waals surface area contributed by atoms with Gasteiger partial charge in [0, 0.05) is 28.2 Å². The fraction of sp³-hybridized carbons (Fsp3) is 0.143. The Balaban J connectivity index is 2.02. The Morgan fingerprint density at radius 1 is 1.07 bits per heavy atom. The second-order valence-electron chi connectivity index (χ2n) is 6.41. The molecule has 0 radical (unpaired) electrons. The molecular formula is C21H16ClN3O3. The highest BCUT2D eigenvalue weighted by Gasteiger charge is 2.27. The smallest absolute Gasteiger partial charge is 0.356 e. The molecule has 0 atom stereocenters. The zero-order chi connectivity index (χ0) is 20.0. The average molecular weight is 394 g/mol. The number of hydrogen-bond donors (Lipinski definition) is 1. The molecule has 140 valence electrons. The summed E-state index contributed by atoms with van der Waals surface area (Å²) in [6.07, 6.45) is 0. The molecule has 28 heavy (non-hydrogen) atoms. The van der Waals surface area contributed by atoms with Gasteiger partial charge in [-0.1, -0.05) is 29.8 Å². The minimum atomic E-state index is -1.30. The Morgan fingerprint density at radius 2 is 1.79 bits per heavy atom. The van der Waals surface area contributed by atoms with Crippen LogP contribution >= 0.6 is 11.6 Å². The Morgan fingerprint density at radius 3 is 2.50 bits per heavy atom. The summed E-state index contributed by atoms with van der Waals surface area (Å²) in [5.41, 5.74) is 2.30. The first-order valence-corrected chi connectivity index (χ1v) is 9.13. The van der Waals surface area contributed by atoms with Gasteiger partial charge in [-0.15, -0.1) is 0 Å². The number of para-hydroxylation sites is 1. The Labute approximate surface area is 165 Å². The number of carboxylic acid groups (broad SMARTS) is 1. The Bertz CT molecular complexity index is 1280. The summed E-state index contributed by atoms with van der Waals surface area (Å²) >= 11 is 6.02. The van der Waals surface area contributed by atoms with E-state index in [0.717, 1.165) is 16.6 Å². The first-order valence-electron chi connectivity index (χ1n) is 8.75. The van der Waals surface area contributed by atoms with Gasteiger partial charge in [0.2, 0.25) is 5.78 Å². The summed E-state index contributed by atoms with van der Waals surface area (Å²) in [5.74, 6) is -1.77. The standard InChI is InChI=1S/C21H16ClN3O3/c1-3-25-11(2)17(13-6-4-5-7-16(13)25)20(26)18-19(21(27)28)23-14-9-8-12(22)10-15(14)24-18/h4-10H,3H2,1-2H3,(H,27,28). The number of ketones is 1. The van der Waals surface area contributed by atoms with Crippen LogP contribution in [0.15, 0.2) is 42.5 Å². The van der Waals surface area contributed by atoms with Gasteiger partial charge in [0.15, 0.2) is 5.69 Å². The van der Waals surface area contributed by atoms with Crippen molar-refractivity contribution in [3.8, 4) is 0 Å². The SMILES string of the molecule is CCn1c(C)c(C(=O)c2nc3cc(Cl)ccc3nc2C(=O)O)c2ccccc21. The lowest BCUT2D eigenvalue weighted by molar-refractivity contribution is 0.0686. The fourth-order valence-corrected chi connectivity index (χ4v) is 3.74. The molecule has 0 aliphatic carbocycles. The molecule has 6 nitrogen and oxygen atoms in total. The topological polar surface area (TPSA) is 85.1 Å². The molecule has 0 saturated heterocycles. The van der Waals surface area contributed by atoms with Crippen LogP contribution < -0.4 is 0 Å². The highest BCUT2D eigenvalue weighted by molar-refractivity contribution is 6.31. The predicted octanol–water partition coefficient (Wildman–Crippen LogP) is 4.50. The molecule has 0 saturated carbocycles. The van der Waals surface area contributed by atoms with Crippen molar-refractivity contribution in [1.29, 1.82) is 0 Å². The predicted molar refractivity (Wildman–Crippen MR) is 107 cm³/mol. The monoisotopic (exact) mass is 393 g/mol. The second kappa shape index (κ2) is 6.73. The third kappa shape index (κ3) is 2.73. The maximum Gasteiger partial charge on any atom is 0.356 e. The van der Waals surface area contributed by atoms with Crippen LogP contribution in [0.5, 0.6) is 0 Å². The second-order valence-corrected chi connectivity index (χ2v) is 6.85. The molecule has 2 aromatic carbocycles. The third-order valence-electron chi connectivity index (χ3n) is 4.82. The van der Waals surface area contributed by atoms with Gasteiger partial charge in [-0.05, 0) is 38.1 Å². The summed E-state index contributed by atoms with van der Waals surface area (Å²) in [6, 6.07) is 12.3. The van der Waals surface area contributed by atoms with Crippen LogP contribution in [0, 0.1) is 6.92 Å². The third-order valence-corrected chi connectivity index (χ3v) is 5.05. The summed E-state index contributed by atoms with van der Waals surface area (Å²) in [6.45, 7) is 4.53. The lowest BCUT2D eigenvalue weighted by Gasteiger charge is -2.08. The molecule has 0 spiro atoms. The molecule has 2 aromatic heterocycles. The number of hydrogen-bond acceptors (Lipinski definition) is 4. The number of nitrogens with zero attached hydrogens (tertiary/aromatic N) is 3. The zero-order valence-corrected chi connectivity index (χ0v) is 16.0. The summed E-state index contributed by atoms with van der Waals surface area (Å²) in [5, 5.41) is 10.8. The first-order chi connectivity index (χ1) is 13.4. The average Bonchev–Trinajstić information content (AvgIpc) is 2.97. The van der Waals surface area contributed by atoms with E-state index in [1.54, 1.807) is 18.2 Å². The largest absolute Gasteiger partial charge is 0.476 e. The van der Waals surface area contributed by atoms with Crippen LogP contribution in [-0.2, 0) is 6.54 Å². The molecule has 0 amide bonds. The van der Waals surface area contributed by atoms with Crippen LogP contribution in [0.25, 0.3) is 21.9 Å². The number of aryl methyl sites for hydroxylation is 1. The number of benzene rings is 2. The van der Waals surface area contributed by atoms with Crippen LogP contribution in [0.2, 0.25) is 5.02 Å². The maximum atomic E-state index is 13.5. The number of aromatic nitrogens is 3. The van der Waals surface area contributed by atoms with E-state index in [4.69, 9.17) is 11.6 Å². The quantitative estimate of drug-likeness (QED) is 0.516. The van der Waals surface area contributed by atoms with Gasteiger partial charge in [0.05, 0.1) is 16.6 Å². The van der Waals surface area contributed by atoms with Crippen molar-refractivity contribution in [2.45, 2.75) is 20.4 Å². The van der Waals surface area contributed by atoms with Gasteiger partial charge < -0.3 is 9.67 Å². The molecule has 0 aliphatic heterocycles. The fourth-order valence-electron chi connectivity index (χ4n) is 3.58. The van der Waals surface area contributed by atoms with E-state index in [1.807, 2.05) is 42.7 Å². The Kier molecular flexibility index (Phi) is 4.35. The number of rotatable bonds is 4. The van der Waals surface area contributed by atoms with E-state index in [9.17, 15) is 14.7 Å². The molecule has 0 bridgehead atoms. The zero-order valence-electron chi connectivity index (χ0n) is 15.2. The van der Waals surface area contributed by atoms with Gasteiger partial charge >= 0.3 is 5.97 Å². The maximum absolute atomic E-state index is 13.5. The molecule has 1 N–H and O–H groups in total. The van der Waals surface area contributed by atoms with Gasteiger partial charge in [-0.3, -0.25) is 4.79 Å². The van der Waals surface area contributed by atoms with Crippen LogP contribution in [0.3, 0.4) is 0 Å². The highest BCUT2D eigenvalue weighted by atomic mass is 35.5. The Hall–Kier alpha value is -3.25. The molecule has 2 heterocycles. The van der Waals surface area contributed by atoms with Crippen molar-refractivity contribution < 1.29 is 14.7 Å². The van der Waals surface area contributed by atoms with E-state index < -0.39 is 11.8 Å². The highest BCUT2D eigenvalue weighted by Crippen LogP contribution is 2.29. The van der Waals surface area contributed by atoms with Crippen molar-refractivity contribution in [2.75, 3.05) is 0 Å². The summed E-state index contributed by atoms with van der Waals surface area (Å²) in [4.78, 5) is 33.7. The normalized spacial score (nSPS) is 11.2. The van der Waals surface area contributed by atoms with Gasteiger partial charge in [0.1, 0.15) is 5.69 Å². The first kappa shape index (κ1) is 18.1. The molecule has 0 fully saturated rings. The van der Waals surface area contributed by atoms with Crippen LogP contribution in [-0.4, -0.2) is 31.4 Å². The van der Waals surface area contributed by atoms with Crippen LogP contribution in [0.4, 0.5) is 0 Å². The van der Waals surface area contributed by atoms with E-state index in [2.05, 4.69) is 9.97 Å². The van der Waals surface area contributed by atoms with Crippen molar-refractivity contribution >= 4 is 45.3 Å². The van der Waals surface area contributed by atoms with Crippen molar-refractivity contribution in [3.63, 3.8) is 0 Å². The number of carbonyl (C=O) groups is 2. The van der Waals surface area contributed by atoms with E-state index in [0.29, 0.717) is 28.2 Å². The van der Waals surface area contributed by atoms with Crippen molar-refractivity contribution in [2.24, 2.45) is 0 Å². The molecule has 7 heteroatoms. The van der Waals surface area contributed by atoms with Gasteiger partial charge in [-0.25, -0.2) is 14.8 Å². The van der Waals surface area contributed by atoms with Crippen molar-refractivity contribution in [1.82, 2.24) is 14.5 Å². The lowest BCUT2D eigenvalue weighted by Crippen LogP contribution is -2.15. The van der Waals surface area contributed by atoms with E-state index >= 15 is 0 Å². The molecule has 4 aromatic rings. The molecular weight excluding hydrogens is 378 g/mol. The van der Waals surface area contributed by atoms with Crippen LogP contribution in [0.1, 0.15) is 39.2 Å². The molecule has 0 aliphatic rings.